The smallest absolute Gasteiger partial charge is 0.0312 e. The summed E-state index contributed by atoms with van der Waals surface area (Å²) < 4.78 is 0. The molecule has 0 aromatic carbocycles. The van der Waals surface area contributed by atoms with Gasteiger partial charge in [-0.05, 0) is 13.1 Å². The Bertz CT molecular complexity index is 140. The Hall–Kier alpha value is -0.800. The first-order chi connectivity index (χ1) is 5.20. The maximum absolute atomic E-state index is 3.76. The Kier molecular flexibility index (Phi) is 5.51. The molecule has 0 heterocycles. The lowest BCUT2D eigenvalue weighted by Crippen LogP contribution is -2.30. The molecular formula is C8H17N3. The second-order valence-electron chi connectivity index (χ2n) is 2.28. The molecule has 0 aromatic rings. The number of hydrogen-bond acceptors (Lipinski definition) is 3. The molecule has 0 saturated carbocycles. The standard InChI is InChI=1S/C8H17N3/c1-8(9-2)6-5-7-11(4)10-3/h5-6,9-10H,1,7H2,2-4H3/b6-5+. The zero-order valence-corrected chi connectivity index (χ0v) is 7.52. The van der Waals surface area contributed by atoms with Crippen molar-refractivity contribution in [3.63, 3.8) is 0 Å². The summed E-state index contributed by atoms with van der Waals surface area (Å²) >= 11 is 0. The first-order valence-corrected chi connectivity index (χ1v) is 3.62. The molecule has 0 amide bonds. The number of allylic oxidation sites excluding steroid dienone is 1. The third-order valence-electron chi connectivity index (χ3n) is 1.40. The molecule has 0 bridgehead atoms. The molecule has 0 radical (unpaired) electrons. The highest BCUT2D eigenvalue weighted by Gasteiger charge is 1.86. The van der Waals surface area contributed by atoms with Crippen LogP contribution in [0.4, 0.5) is 0 Å². The van der Waals surface area contributed by atoms with E-state index in [0.717, 1.165) is 12.2 Å². The molecule has 11 heavy (non-hydrogen) atoms. The fourth-order valence-corrected chi connectivity index (χ4v) is 0.528. The van der Waals surface area contributed by atoms with Crippen molar-refractivity contribution in [2.75, 3.05) is 27.7 Å². The first-order valence-electron chi connectivity index (χ1n) is 3.62. The van der Waals surface area contributed by atoms with Crippen LogP contribution in [0.3, 0.4) is 0 Å². The van der Waals surface area contributed by atoms with Gasteiger partial charge in [-0.2, -0.15) is 0 Å². The normalized spacial score (nSPS) is 10.9. The van der Waals surface area contributed by atoms with Crippen molar-refractivity contribution in [1.82, 2.24) is 15.8 Å². The average Bonchev–Trinajstić information content (AvgIpc) is 2.04. The first kappa shape index (κ1) is 10.2. The third kappa shape index (κ3) is 5.63. The van der Waals surface area contributed by atoms with E-state index in [0.29, 0.717) is 0 Å². The van der Waals surface area contributed by atoms with Crippen LogP contribution in [0.15, 0.2) is 24.4 Å². The van der Waals surface area contributed by atoms with Gasteiger partial charge in [0.05, 0.1) is 0 Å². The number of nitrogens with one attached hydrogen (secondary N) is 2. The van der Waals surface area contributed by atoms with E-state index in [-0.39, 0.29) is 0 Å². The van der Waals surface area contributed by atoms with Crippen LogP contribution in [0.5, 0.6) is 0 Å². The van der Waals surface area contributed by atoms with Crippen molar-refractivity contribution in [2.45, 2.75) is 0 Å². The molecule has 2 N–H and O–H groups in total. The van der Waals surface area contributed by atoms with Gasteiger partial charge in [0.1, 0.15) is 0 Å². The Morgan fingerprint density at radius 3 is 2.64 bits per heavy atom. The molecule has 3 heteroatoms. The summed E-state index contributed by atoms with van der Waals surface area (Å²) in [5.41, 5.74) is 3.91. The fraction of sp³-hybridized carbons (Fsp3) is 0.500. The Labute approximate surface area is 68.7 Å². The quantitative estimate of drug-likeness (QED) is 0.443. The fourth-order valence-electron chi connectivity index (χ4n) is 0.528. The minimum atomic E-state index is 0.872. The van der Waals surface area contributed by atoms with E-state index in [4.69, 9.17) is 0 Å². The van der Waals surface area contributed by atoms with Crippen LogP contribution in [0.25, 0.3) is 0 Å². The molecule has 0 saturated heterocycles. The Morgan fingerprint density at radius 2 is 2.18 bits per heavy atom. The third-order valence-corrected chi connectivity index (χ3v) is 1.40. The highest BCUT2D eigenvalue weighted by Crippen LogP contribution is 1.85. The minimum Gasteiger partial charge on any atom is -0.389 e. The molecule has 0 aliphatic carbocycles. The van der Waals surface area contributed by atoms with Gasteiger partial charge in [0.25, 0.3) is 0 Å². The molecule has 0 aromatic heterocycles. The predicted molar refractivity (Wildman–Crippen MR) is 49.0 cm³/mol. The summed E-state index contributed by atoms with van der Waals surface area (Å²) in [7, 11) is 5.72. The highest BCUT2D eigenvalue weighted by atomic mass is 15.5. The monoisotopic (exact) mass is 155 g/mol. The van der Waals surface area contributed by atoms with Gasteiger partial charge in [0, 0.05) is 26.3 Å². The van der Waals surface area contributed by atoms with E-state index in [1.165, 1.54) is 0 Å². The second kappa shape index (κ2) is 5.95. The van der Waals surface area contributed by atoms with Crippen molar-refractivity contribution < 1.29 is 0 Å². The zero-order chi connectivity index (χ0) is 8.69. The lowest BCUT2D eigenvalue weighted by atomic mass is 10.4. The maximum atomic E-state index is 3.76. The summed E-state index contributed by atoms with van der Waals surface area (Å²) in [6.45, 7) is 4.63. The van der Waals surface area contributed by atoms with Gasteiger partial charge in [-0.15, -0.1) is 0 Å². The van der Waals surface area contributed by atoms with E-state index < -0.39 is 0 Å². The largest absolute Gasteiger partial charge is 0.389 e. The predicted octanol–water partition coefficient (Wildman–Crippen LogP) is 0.342. The number of hydrogen-bond donors (Lipinski definition) is 2. The summed E-state index contributed by atoms with van der Waals surface area (Å²) in [4.78, 5) is 0. The molecule has 0 aliphatic heterocycles. The zero-order valence-electron chi connectivity index (χ0n) is 7.52. The number of rotatable bonds is 5. The van der Waals surface area contributed by atoms with Crippen molar-refractivity contribution in [3.8, 4) is 0 Å². The van der Waals surface area contributed by atoms with Crippen LogP contribution in [-0.2, 0) is 0 Å². The maximum Gasteiger partial charge on any atom is 0.0312 e. The van der Waals surface area contributed by atoms with Gasteiger partial charge in [-0.25, -0.2) is 5.01 Å². The van der Waals surface area contributed by atoms with Gasteiger partial charge < -0.3 is 5.32 Å². The molecule has 64 valence electrons. The van der Waals surface area contributed by atoms with Crippen molar-refractivity contribution in [2.24, 2.45) is 0 Å². The van der Waals surface area contributed by atoms with Crippen molar-refractivity contribution in [1.29, 1.82) is 0 Å². The molecule has 0 fully saturated rings. The molecule has 0 unspecified atom stereocenters. The van der Waals surface area contributed by atoms with E-state index in [1.807, 2.05) is 38.3 Å². The van der Waals surface area contributed by atoms with E-state index in [9.17, 15) is 0 Å². The number of nitrogens with zero attached hydrogens (tertiary/aromatic N) is 1. The second-order valence-corrected chi connectivity index (χ2v) is 2.28. The molecule has 0 atom stereocenters. The topological polar surface area (TPSA) is 27.3 Å². The summed E-state index contributed by atoms with van der Waals surface area (Å²) in [6.07, 6.45) is 3.99. The summed E-state index contributed by atoms with van der Waals surface area (Å²) in [6, 6.07) is 0. The molecule has 0 aliphatic rings. The van der Waals surface area contributed by atoms with Gasteiger partial charge in [0.15, 0.2) is 0 Å². The van der Waals surface area contributed by atoms with Crippen LogP contribution in [-0.4, -0.2) is 32.7 Å². The van der Waals surface area contributed by atoms with Crippen molar-refractivity contribution >= 4 is 0 Å². The van der Waals surface area contributed by atoms with Crippen LogP contribution < -0.4 is 10.7 Å². The van der Waals surface area contributed by atoms with Gasteiger partial charge in [0.2, 0.25) is 0 Å². The van der Waals surface area contributed by atoms with Crippen LogP contribution in [0.1, 0.15) is 0 Å². The number of likely N-dealkylation sites (N-methyl/N-ethyl adjacent to an activating group) is 2. The Morgan fingerprint density at radius 1 is 1.55 bits per heavy atom. The lowest BCUT2D eigenvalue weighted by Gasteiger charge is -2.11. The SMILES string of the molecule is C=C(/C=C/CN(C)NC)NC. The van der Waals surface area contributed by atoms with E-state index in [1.54, 1.807) is 0 Å². The van der Waals surface area contributed by atoms with Gasteiger partial charge >= 0.3 is 0 Å². The van der Waals surface area contributed by atoms with Crippen LogP contribution >= 0.6 is 0 Å². The summed E-state index contributed by atoms with van der Waals surface area (Å²) in [5, 5.41) is 4.91. The Balaban J connectivity index is 3.51. The van der Waals surface area contributed by atoms with Crippen molar-refractivity contribution in [3.05, 3.63) is 24.4 Å². The molecule has 3 nitrogen and oxygen atoms in total. The van der Waals surface area contributed by atoms with Crippen LogP contribution in [0.2, 0.25) is 0 Å². The van der Waals surface area contributed by atoms with E-state index in [2.05, 4.69) is 17.3 Å². The lowest BCUT2D eigenvalue weighted by molar-refractivity contribution is 0.290. The van der Waals surface area contributed by atoms with Gasteiger partial charge in [-0.1, -0.05) is 12.7 Å². The summed E-state index contributed by atoms with van der Waals surface area (Å²) in [5.74, 6) is 0. The minimum absolute atomic E-state index is 0.872. The molecule has 0 spiro atoms. The average molecular weight is 155 g/mol. The van der Waals surface area contributed by atoms with Gasteiger partial charge in [-0.3, -0.25) is 5.43 Å². The van der Waals surface area contributed by atoms with Crippen LogP contribution in [0, 0.1) is 0 Å². The molecular weight excluding hydrogens is 138 g/mol. The highest BCUT2D eigenvalue weighted by molar-refractivity contribution is 5.11. The van der Waals surface area contributed by atoms with E-state index >= 15 is 0 Å². The number of hydrazine groups is 1. The molecule has 0 rings (SSSR count).